The van der Waals surface area contributed by atoms with E-state index in [9.17, 15) is 10.1 Å². The first kappa shape index (κ1) is 13.0. The summed E-state index contributed by atoms with van der Waals surface area (Å²) in [4.78, 5) is 12.4. The van der Waals surface area contributed by atoms with Crippen LogP contribution < -0.4 is 0 Å². The Balaban J connectivity index is 1.99. The number of likely N-dealkylation sites (tertiary alicyclic amines) is 1. The Bertz CT molecular complexity index is 476. The molecule has 0 N–H and O–H groups in total. The van der Waals surface area contributed by atoms with E-state index in [4.69, 9.17) is 0 Å². The molecule has 1 aliphatic heterocycles. The molecule has 0 aromatic heterocycles. The summed E-state index contributed by atoms with van der Waals surface area (Å²) in [5.74, 6) is 0. The third kappa shape index (κ3) is 3.28. The van der Waals surface area contributed by atoms with Gasteiger partial charge in [-0.25, -0.2) is 0 Å². The number of nitro groups is 1. The molecular formula is C13H14N2O2Se. The van der Waals surface area contributed by atoms with E-state index in [1.54, 1.807) is 12.1 Å². The molecule has 1 aromatic carbocycles. The molecule has 0 spiro atoms. The van der Waals surface area contributed by atoms with Gasteiger partial charge in [0.1, 0.15) is 0 Å². The van der Waals surface area contributed by atoms with Crippen LogP contribution in [-0.4, -0.2) is 43.0 Å². The zero-order valence-corrected chi connectivity index (χ0v) is 11.6. The van der Waals surface area contributed by atoms with Crippen molar-refractivity contribution in [3.63, 3.8) is 0 Å². The number of rotatable bonds is 4. The first-order valence-corrected chi connectivity index (χ1v) is 6.74. The van der Waals surface area contributed by atoms with Crippen molar-refractivity contribution >= 4 is 31.9 Å². The summed E-state index contributed by atoms with van der Waals surface area (Å²) in [7, 11) is 0. The Kier molecular flexibility index (Phi) is 4.28. The number of nitro benzene ring substituents is 1. The van der Waals surface area contributed by atoms with E-state index < -0.39 is 0 Å². The van der Waals surface area contributed by atoms with Crippen molar-refractivity contribution in [3.05, 3.63) is 46.0 Å². The minimum absolute atomic E-state index is 0.124. The third-order valence-corrected chi connectivity index (χ3v) is 3.77. The van der Waals surface area contributed by atoms with Crippen LogP contribution in [0.5, 0.6) is 0 Å². The first-order valence-electron chi connectivity index (χ1n) is 5.88. The number of benzene rings is 1. The average Bonchev–Trinajstić information content (AvgIpc) is 2.90. The van der Waals surface area contributed by atoms with Gasteiger partial charge in [-0.2, -0.15) is 0 Å². The van der Waals surface area contributed by atoms with E-state index in [2.05, 4.69) is 20.5 Å². The number of hydrogen-bond donors (Lipinski definition) is 0. The van der Waals surface area contributed by atoms with E-state index in [0.29, 0.717) is 0 Å². The molecule has 0 aliphatic carbocycles. The fourth-order valence-corrected chi connectivity index (χ4v) is 2.44. The summed E-state index contributed by atoms with van der Waals surface area (Å²) in [5.41, 5.74) is 1.09. The molecule has 18 heavy (non-hydrogen) atoms. The van der Waals surface area contributed by atoms with E-state index in [1.807, 2.05) is 12.2 Å². The van der Waals surface area contributed by atoms with Gasteiger partial charge in [0.05, 0.1) is 0 Å². The normalized spacial score (nSPS) is 15.2. The molecule has 0 radical (unpaired) electrons. The molecule has 0 bridgehead atoms. The molecule has 1 fully saturated rings. The Morgan fingerprint density at radius 2 is 1.89 bits per heavy atom. The Labute approximate surface area is 114 Å². The van der Waals surface area contributed by atoms with Gasteiger partial charge < -0.3 is 0 Å². The van der Waals surface area contributed by atoms with Crippen LogP contribution in [-0.2, 0) is 0 Å². The summed E-state index contributed by atoms with van der Waals surface area (Å²) in [6.07, 6.45) is 6.48. The van der Waals surface area contributed by atoms with E-state index >= 15 is 0 Å². The molecule has 1 aromatic rings. The number of nitrogens with zero attached hydrogens (tertiary/aromatic N) is 2. The number of non-ortho nitro benzene ring substituents is 1. The predicted octanol–water partition coefficient (Wildman–Crippen LogP) is 2.00. The molecule has 1 heterocycles. The van der Waals surface area contributed by atoms with Gasteiger partial charge in [0.15, 0.2) is 0 Å². The molecule has 94 valence electrons. The molecule has 0 unspecified atom stereocenters. The van der Waals surface area contributed by atoms with Crippen molar-refractivity contribution in [1.29, 1.82) is 0 Å². The quantitative estimate of drug-likeness (QED) is 0.485. The van der Waals surface area contributed by atoms with Gasteiger partial charge in [0.25, 0.3) is 0 Å². The van der Waals surface area contributed by atoms with Crippen LogP contribution in [0, 0.1) is 10.1 Å². The first-order chi connectivity index (χ1) is 8.66. The topological polar surface area (TPSA) is 46.4 Å². The molecule has 0 saturated carbocycles. The van der Waals surface area contributed by atoms with E-state index in [0.717, 1.165) is 23.2 Å². The van der Waals surface area contributed by atoms with Gasteiger partial charge >= 0.3 is 114 Å². The van der Waals surface area contributed by atoms with Crippen LogP contribution in [0.25, 0.3) is 6.08 Å². The van der Waals surface area contributed by atoms with Crippen LogP contribution in [0.3, 0.4) is 0 Å². The molecule has 0 atom stereocenters. The Hall–Kier alpha value is -1.45. The second-order valence-electron chi connectivity index (χ2n) is 4.21. The average molecular weight is 309 g/mol. The third-order valence-electron chi connectivity index (χ3n) is 2.94. The molecule has 1 saturated heterocycles. The van der Waals surface area contributed by atoms with Crippen molar-refractivity contribution < 1.29 is 4.92 Å². The van der Waals surface area contributed by atoms with Crippen LogP contribution in [0.15, 0.2) is 30.3 Å². The molecule has 2 rings (SSSR count). The Morgan fingerprint density at radius 3 is 2.44 bits per heavy atom. The van der Waals surface area contributed by atoms with Crippen LogP contribution in [0.2, 0.25) is 0 Å². The van der Waals surface area contributed by atoms with Gasteiger partial charge in [-0.3, -0.25) is 0 Å². The fraction of sp³-hybridized carbons (Fsp3) is 0.308. The van der Waals surface area contributed by atoms with Gasteiger partial charge in [0.2, 0.25) is 0 Å². The second-order valence-corrected chi connectivity index (χ2v) is 5.09. The molecule has 1 aliphatic rings. The molecular weight excluding hydrogens is 295 g/mol. The summed E-state index contributed by atoms with van der Waals surface area (Å²) in [6, 6.07) is 6.56. The van der Waals surface area contributed by atoms with E-state index in [1.165, 1.54) is 25.0 Å². The van der Waals surface area contributed by atoms with Gasteiger partial charge in [-0.15, -0.1) is 0 Å². The van der Waals surface area contributed by atoms with Crippen molar-refractivity contribution in [3.8, 4) is 0 Å². The van der Waals surface area contributed by atoms with Gasteiger partial charge in [0, 0.05) is 0 Å². The van der Waals surface area contributed by atoms with Crippen molar-refractivity contribution in [1.82, 2.24) is 4.90 Å². The minimum atomic E-state index is -0.386. The summed E-state index contributed by atoms with van der Waals surface area (Å²) >= 11 is 3.07. The SMILES string of the molecule is O=[N+]([O-])c1ccc(/C=C/C(=[Se])N2CCCC2)cc1. The zero-order valence-electron chi connectivity index (χ0n) is 9.91. The van der Waals surface area contributed by atoms with Crippen molar-refractivity contribution in [2.75, 3.05) is 13.1 Å². The van der Waals surface area contributed by atoms with Gasteiger partial charge in [-0.05, 0) is 0 Å². The standard InChI is InChI=1S/C13H14N2O2Se/c16-15(17)12-6-3-11(4-7-12)5-8-13(18)14-9-1-2-10-14/h3-8H,1-2,9-10H2/b8-5+. The van der Waals surface area contributed by atoms with Crippen molar-refractivity contribution in [2.24, 2.45) is 0 Å². The zero-order chi connectivity index (χ0) is 13.0. The summed E-state index contributed by atoms with van der Waals surface area (Å²) in [6.45, 7) is 2.21. The van der Waals surface area contributed by atoms with Crippen LogP contribution >= 0.6 is 0 Å². The maximum absolute atomic E-state index is 10.5. The van der Waals surface area contributed by atoms with Crippen LogP contribution in [0.4, 0.5) is 5.69 Å². The maximum atomic E-state index is 10.5. The fourth-order valence-electron chi connectivity index (χ4n) is 1.92. The molecule has 5 heteroatoms. The predicted molar refractivity (Wildman–Crippen MR) is 73.7 cm³/mol. The number of hydrogen-bond acceptors (Lipinski definition) is 3. The Morgan fingerprint density at radius 1 is 1.28 bits per heavy atom. The van der Waals surface area contributed by atoms with Crippen LogP contribution in [0.1, 0.15) is 18.4 Å². The molecule has 4 nitrogen and oxygen atoms in total. The van der Waals surface area contributed by atoms with Gasteiger partial charge in [-0.1, -0.05) is 0 Å². The summed E-state index contributed by atoms with van der Waals surface area (Å²) < 4.78 is 1.13. The van der Waals surface area contributed by atoms with Crippen molar-refractivity contribution in [2.45, 2.75) is 12.8 Å². The summed E-state index contributed by atoms with van der Waals surface area (Å²) in [5, 5.41) is 10.5. The molecule has 0 amide bonds. The second kappa shape index (κ2) is 5.94. The van der Waals surface area contributed by atoms with E-state index in [-0.39, 0.29) is 10.6 Å². The monoisotopic (exact) mass is 310 g/mol.